The van der Waals surface area contributed by atoms with E-state index in [4.69, 9.17) is 14.7 Å². The van der Waals surface area contributed by atoms with Crippen LogP contribution in [0.3, 0.4) is 0 Å². The first-order chi connectivity index (χ1) is 8.35. The van der Waals surface area contributed by atoms with Crippen LogP contribution >= 0.6 is 11.8 Å². The quantitative estimate of drug-likeness (QED) is 0.769. The number of nitriles is 1. The van der Waals surface area contributed by atoms with Crippen LogP contribution in [-0.4, -0.2) is 26.1 Å². The molecule has 90 valence electrons. The van der Waals surface area contributed by atoms with E-state index in [-0.39, 0.29) is 0 Å². The fourth-order valence-electron chi connectivity index (χ4n) is 1.83. The Bertz CT molecular complexity index is 422. The number of thioether (sulfide) groups is 1. The maximum Gasteiger partial charge on any atom is 0.138 e. The molecule has 1 atom stereocenters. The molecule has 0 amide bonds. The second-order valence-electron chi connectivity index (χ2n) is 3.99. The second kappa shape index (κ2) is 5.95. The minimum Gasteiger partial charge on any atom is -0.492 e. The SMILES string of the molecule is CSc1cccc(OCC2CCOC2)c1C#N. The molecule has 0 N–H and O–H groups in total. The van der Waals surface area contributed by atoms with Gasteiger partial charge in [0.05, 0.1) is 13.2 Å². The summed E-state index contributed by atoms with van der Waals surface area (Å²) in [4.78, 5) is 0.965. The standard InChI is InChI=1S/C13H15NO2S/c1-17-13-4-2-3-12(11(13)7-14)16-9-10-5-6-15-8-10/h2-4,10H,5-6,8-9H2,1H3. The Hall–Kier alpha value is -1.18. The molecule has 1 aromatic rings. The molecule has 1 saturated heterocycles. The zero-order valence-electron chi connectivity index (χ0n) is 9.81. The molecule has 0 radical (unpaired) electrons. The Morgan fingerprint density at radius 3 is 3.12 bits per heavy atom. The van der Waals surface area contributed by atoms with Crippen LogP contribution in [0.4, 0.5) is 0 Å². The van der Waals surface area contributed by atoms with Crippen molar-refractivity contribution in [2.75, 3.05) is 26.1 Å². The fourth-order valence-corrected chi connectivity index (χ4v) is 2.40. The molecule has 0 spiro atoms. The van der Waals surface area contributed by atoms with Crippen LogP contribution in [0, 0.1) is 17.2 Å². The molecule has 2 rings (SSSR count). The lowest BCUT2D eigenvalue weighted by Crippen LogP contribution is -2.12. The summed E-state index contributed by atoms with van der Waals surface area (Å²) in [6.07, 6.45) is 3.01. The summed E-state index contributed by atoms with van der Waals surface area (Å²) in [5.41, 5.74) is 0.638. The van der Waals surface area contributed by atoms with Crippen LogP contribution in [0.25, 0.3) is 0 Å². The van der Waals surface area contributed by atoms with E-state index in [1.54, 1.807) is 11.8 Å². The van der Waals surface area contributed by atoms with Crippen LogP contribution in [0.1, 0.15) is 12.0 Å². The minimum absolute atomic E-state index is 0.458. The molecule has 1 aromatic carbocycles. The zero-order chi connectivity index (χ0) is 12.1. The lowest BCUT2D eigenvalue weighted by molar-refractivity contribution is 0.167. The Balaban J connectivity index is 2.07. The minimum atomic E-state index is 0.458. The van der Waals surface area contributed by atoms with Gasteiger partial charge in [0.25, 0.3) is 0 Å². The molecule has 1 unspecified atom stereocenters. The predicted octanol–water partition coefficient (Wildman–Crippen LogP) is 2.70. The number of rotatable bonds is 4. The number of ether oxygens (including phenoxy) is 2. The monoisotopic (exact) mass is 249 g/mol. The van der Waals surface area contributed by atoms with Crippen LogP contribution in [-0.2, 0) is 4.74 Å². The Kier molecular flexibility index (Phi) is 4.29. The highest BCUT2D eigenvalue weighted by Gasteiger charge is 2.17. The van der Waals surface area contributed by atoms with Gasteiger partial charge in [0, 0.05) is 17.4 Å². The molecule has 4 heteroatoms. The third-order valence-electron chi connectivity index (χ3n) is 2.82. The molecule has 1 aliphatic rings. The van der Waals surface area contributed by atoms with E-state index in [1.807, 2.05) is 24.5 Å². The normalized spacial score (nSPS) is 18.9. The van der Waals surface area contributed by atoms with Crippen molar-refractivity contribution in [3.8, 4) is 11.8 Å². The van der Waals surface area contributed by atoms with Gasteiger partial charge < -0.3 is 9.47 Å². The van der Waals surface area contributed by atoms with Gasteiger partial charge >= 0.3 is 0 Å². The van der Waals surface area contributed by atoms with E-state index in [0.29, 0.717) is 23.8 Å². The van der Waals surface area contributed by atoms with Crippen molar-refractivity contribution >= 4 is 11.8 Å². The van der Waals surface area contributed by atoms with Crippen molar-refractivity contribution in [1.29, 1.82) is 5.26 Å². The van der Waals surface area contributed by atoms with Gasteiger partial charge in [-0.15, -0.1) is 11.8 Å². The summed E-state index contributed by atoms with van der Waals surface area (Å²) in [6.45, 7) is 2.22. The van der Waals surface area contributed by atoms with E-state index in [9.17, 15) is 0 Å². The van der Waals surface area contributed by atoms with Gasteiger partial charge in [0.15, 0.2) is 0 Å². The largest absolute Gasteiger partial charge is 0.492 e. The number of hydrogen-bond acceptors (Lipinski definition) is 4. The average Bonchev–Trinajstić information content (AvgIpc) is 2.88. The van der Waals surface area contributed by atoms with Gasteiger partial charge in [-0.3, -0.25) is 0 Å². The highest BCUT2D eigenvalue weighted by atomic mass is 32.2. The van der Waals surface area contributed by atoms with Crippen molar-refractivity contribution in [2.24, 2.45) is 5.92 Å². The Morgan fingerprint density at radius 1 is 1.59 bits per heavy atom. The highest BCUT2D eigenvalue weighted by molar-refractivity contribution is 7.98. The van der Waals surface area contributed by atoms with Crippen LogP contribution in [0.15, 0.2) is 23.1 Å². The molecular formula is C13H15NO2S. The van der Waals surface area contributed by atoms with Gasteiger partial charge in [-0.05, 0) is 24.8 Å². The summed E-state index contributed by atoms with van der Waals surface area (Å²) in [7, 11) is 0. The predicted molar refractivity (Wildman–Crippen MR) is 67.4 cm³/mol. The van der Waals surface area contributed by atoms with E-state index >= 15 is 0 Å². The number of hydrogen-bond donors (Lipinski definition) is 0. The van der Waals surface area contributed by atoms with Crippen LogP contribution in [0.2, 0.25) is 0 Å². The zero-order valence-corrected chi connectivity index (χ0v) is 10.6. The third-order valence-corrected chi connectivity index (χ3v) is 3.60. The molecule has 1 fully saturated rings. The molecule has 0 bridgehead atoms. The Labute approximate surface area is 106 Å². The first-order valence-corrected chi connectivity index (χ1v) is 6.85. The highest BCUT2D eigenvalue weighted by Crippen LogP contribution is 2.28. The number of nitrogens with zero attached hydrogens (tertiary/aromatic N) is 1. The van der Waals surface area contributed by atoms with Gasteiger partial charge in [0.2, 0.25) is 0 Å². The molecule has 1 heterocycles. The lowest BCUT2D eigenvalue weighted by Gasteiger charge is -2.12. The maximum absolute atomic E-state index is 9.15. The van der Waals surface area contributed by atoms with Crippen molar-refractivity contribution < 1.29 is 9.47 Å². The molecule has 1 aliphatic heterocycles. The summed E-state index contributed by atoms with van der Waals surface area (Å²) < 4.78 is 11.0. The van der Waals surface area contributed by atoms with Gasteiger partial charge in [-0.2, -0.15) is 5.26 Å². The maximum atomic E-state index is 9.15. The van der Waals surface area contributed by atoms with Crippen molar-refractivity contribution in [1.82, 2.24) is 0 Å². The van der Waals surface area contributed by atoms with Crippen molar-refractivity contribution in [3.63, 3.8) is 0 Å². The second-order valence-corrected chi connectivity index (χ2v) is 4.83. The summed E-state index contributed by atoms with van der Waals surface area (Å²) >= 11 is 1.57. The average molecular weight is 249 g/mol. The van der Waals surface area contributed by atoms with Crippen LogP contribution < -0.4 is 4.74 Å². The molecule has 0 aliphatic carbocycles. The first-order valence-electron chi connectivity index (χ1n) is 5.62. The molecule has 17 heavy (non-hydrogen) atoms. The number of benzene rings is 1. The summed E-state index contributed by atoms with van der Waals surface area (Å²) in [6, 6.07) is 7.93. The third kappa shape index (κ3) is 2.93. The topological polar surface area (TPSA) is 42.2 Å². The van der Waals surface area contributed by atoms with Gasteiger partial charge in [-0.1, -0.05) is 6.07 Å². The summed E-state index contributed by atoms with van der Waals surface area (Å²) in [5, 5.41) is 9.15. The van der Waals surface area contributed by atoms with Gasteiger partial charge in [0.1, 0.15) is 17.4 Å². The van der Waals surface area contributed by atoms with E-state index in [1.165, 1.54) is 0 Å². The van der Waals surface area contributed by atoms with E-state index in [2.05, 4.69) is 6.07 Å². The van der Waals surface area contributed by atoms with E-state index in [0.717, 1.165) is 24.5 Å². The Morgan fingerprint density at radius 2 is 2.47 bits per heavy atom. The first kappa shape index (κ1) is 12.3. The molecule has 0 saturated carbocycles. The molecular weight excluding hydrogens is 234 g/mol. The smallest absolute Gasteiger partial charge is 0.138 e. The molecule has 0 aromatic heterocycles. The van der Waals surface area contributed by atoms with Crippen molar-refractivity contribution in [2.45, 2.75) is 11.3 Å². The lowest BCUT2D eigenvalue weighted by atomic mass is 10.1. The van der Waals surface area contributed by atoms with Crippen molar-refractivity contribution in [3.05, 3.63) is 23.8 Å². The summed E-state index contributed by atoms with van der Waals surface area (Å²) in [5.74, 6) is 1.14. The fraction of sp³-hybridized carbons (Fsp3) is 0.462. The van der Waals surface area contributed by atoms with Crippen LogP contribution in [0.5, 0.6) is 5.75 Å². The van der Waals surface area contributed by atoms with E-state index < -0.39 is 0 Å². The molecule has 3 nitrogen and oxygen atoms in total. The van der Waals surface area contributed by atoms with Gasteiger partial charge in [-0.25, -0.2) is 0 Å².